The number of likely N-dealkylation sites (N-methyl/N-ethyl adjacent to an activating group) is 1. The quantitative estimate of drug-likeness (QED) is 0.798. The third-order valence-corrected chi connectivity index (χ3v) is 4.60. The van der Waals surface area contributed by atoms with E-state index in [0.29, 0.717) is 12.2 Å². The number of sulfonamides is 1. The van der Waals surface area contributed by atoms with Crippen LogP contribution in [0.25, 0.3) is 0 Å². The van der Waals surface area contributed by atoms with Gasteiger partial charge in [-0.25, -0.2) is 13.1 Å². The number of nitrogens with zero attached hydrogens (tertiary/aromatic N) is 1. The maximum atomic E-state index is 12.0. The molecule has 0 spiro atoms. The summed E-state index contributed by atoms with van der Waals surface area (Å²) in [5, 5.41) is 0.125. The van der Waals surface area contributed by atoms with Crippen molar-refractivity contribution in [3.05, 3.63) is 23.2 Å². The molecule has 0 aliphatic rings. The van der Waals surface area contributed by atoms with Gasteiger partial charge in [-0.1, -0.05) is 11.6 Å². The van der Waals surface area contributed by atoms with Crippen LogP contribution in [0.2, 0.25) is 5.02 Å². The van der Waals surface area contributed by atoms with Crippen molar-refractivity contribution in [1.82, 2.24) is 9.62 Å². The first-order chi connectivity index (χ1) is 8.24. The summed E-state index contributed by atoms with van der Waals surface area (Å²) in [7, 11) is 0.168. The van der Waals surface area contributed by atoms with E-state index in [-0.39, 0.29) is 16.0 Å². The number of anilines is 1. The van der Waals surface area contributed by atoms with Gasteiger partial charge in [0.15, 0.2) is 0 Å². The van der Waals surface area contributed by atoms with Gasteiger partial charge in [0, 0.05) is 18.3 Å². The van der Waals surface area contributed by atoms with Crippen molar-refractivity contribution in [2.75, 3.05) is 26.4 Å². The predicted molar refractivity (Wildman–Crippen MR) is 74.2 cm³/mol. The van der Waals surface area contributed by atoms with Crippen LogP contribution in [-0.2, 0) is 10.0 Å². The minimum Gasteiger partial charge on any atom is -0.399 e. The number of halogens is 1. The highest BCUT2D eigenvalue weighted by Crippen LogP contribution is 2.23. The van der Waals surface area contributed by atoms with Crippen LogP contribution < -0.4 is 10.5 Å². The largest absolute Gasteiger partial charge is 0.399 e. The summed E-state index contributed by atoms with van der Waals surface area (Å²) in [5.41, 5.74) is 5.96. The normalized spacial score (nSPS) is 13.8. The first-order valence-corrected chi connectivity index (χ1v) is 7.31. The maximum absolute atomic E-state index is 12.0. The molecule has 18 heavy (non-hydrogen) atoms. The van der Waals surface area contributed by atoms with Gasteiger partial charge in [0.1, 0.15) is 4.90 Å². The molecule has 0 fully saturated rings. The molecule has 102 valence electrons. The molecule has 1 aromatic carbocycles. The van der Waals surface area contributed by atoms with E-state index in [1.165, 1.54) is 18.2 Å². The molecule has 0 aromatic heterocycles. The fourth-order valence-corrected chi connectivity index (χ4v) is 2.90. The Morgan fingerprint density at radius 1 is 1.44 bits per heavy atom. The van der Waals surface area contributed by atoms with Crippen LogP contribution in [0, 0.1) is 0 Å². The molecular formula is C11H18ClN3O2S. The van der Waals surface area contributed by atoms with E-state index in [1.54, 1.807) is 0 Å². The highest BCUT2D eigenvalue weighted by atomic mass is 35.5. The van der Waals surface area contributed by atoms with Gasteiger partial charge in [-0.2, -0.15) is 0 Å². The van der Waals surface area contributed by atoms with Crippen LogP contribution >= 0.6 is 11.6 Å². The molecular weight excluding hydrogens is 274 g/mol. The lowest BCUT2D eigenvalue weighted by Crippen LogP contribution is -2.38. The Hall–Kier alpha value is -0.820. The first kappa shape index (κ1) is 15.2. The Kier molecular flexibility index (Phi) is 4.98. The molecule has 0 radical (unpaired) electrons. The second kappa shape index (κ2) is 5.88. The van der Waals surface area contributed by atoms with Crippen LogP contribution in [-0.4, -0.2) is 40.0 Å². The van der Waals surface area contributed by atoms with E-state index in [9.17, 15) is 8.42 Å². The molecule has 0 saturated carbocycles. The number of hydrogen-bond donors (Lipinski definition) is 2. The number of nitrogen functional groups attached to an aromatic ring is 1. The van der Waals surface area contributed by atoms with E-state index in [4.69, 9.17) is 17.3 Å². The van der Waals surface area contributed by atoms with Crippen LogP contribution in [0.3, 0.4) is 0 Å². The average molecular weight is 292 g/mol. The molecule has 0 aliphatic heterocycles. The van der Waals surface area contributed by atoms with Gasteiger partial charge in [-0.15, -0.1) is 0 Å². The molecule has 1 unspecified atom stereocenters. The van der Waals surface area contributed by atoms with Crippen molar-refractivity contribution in [1.29, 1.82) is 0 Å². The molecule has 5 nitrogen and oxygen atoms in total. The number of nitrogens with two attached hydrogens (primary N) is 1. The number of rotatable bonds is 5. The second-order valence-electron chi connectivity index (χ2n) is 4.35. The van der Waals surface area contributed by atoms with E-state index >= 15 is 0 Å². The SMILES string of the molecule is CC(CNS(=O)(=O)c1ccc(N)cc1Cl)N(C)C. The molecule has 0 bridgehead atoms. The lowest BCUT2D eigenvalue weighted by atomic mass is 10.3. The monoisotopic (exact) mass is 291 g/mol. The first-order valence-electron chi connectivity index (χ1n) is 5.45. The standard InChI is InChI=1S/C11H18ClN3O2S/c1-8(15(2)3)7-14-18(16,17)11-5-4-9(13)6-10(11)12/h4-6,8,14H,7,13H2,1-3H3. The Balaban J connectivity index is 2.87. The van der Waals surface area contributed by atoms with Gasteiger partial charge >= 0.3 is 0 Å². The summed E-state index contributed by atoms with van der Waals surface area (Å²) >= 11 is 5.88. The maximum Gasteiger partial charge on any atom is 0.242 e. The van der Waals surface area contributed by atoms with Gasteiger partial charge in [-0.3, -0.25) is 0 Å². The lowest BCUT2D eigenvalue weighted by molar-refractivity contribution is 0.314. The summed E-state index contributed by atoms with van der Waals surface area (Å²) in [6.07, 6.45) is 0. The van der Waals surface area contributed by atoms with Crippen molar-refractivity contribution in [2.45, 2.75) is 17.9 Å². The number of benzene rings is 1. The zero-order valence-corrected chi connectivity index (χ0v) is 12.2. The van der Waals surface area contributed by atoms with Gasteiger partial charge in [0.2, 0.25) is 10.0 Å². The molecule has 3 N–H and O–H groups in total. The summed E-state index contributed by atoms with van der Waals surface area (Å²) in [4.78, 5) is 1.97. The zero-order valence-electron chi connectivity index (χ0n) is 10.6. The Labute approximate surface area is 113 Å². The zero-order chi connectivity index (χ0) is 13.9. The molecule has 0 amide bonds. The summed E-state index contributed by atoms with van der Waals surface area (Å²) in [6, 6.07) is 4.43. The van der Waals surface area contributed by atoms with E-state index in [2.05, 4.69) is 4.72 Å². The van der Waals surface area contributed by atoms with E-state index in [0.717, 1.165) is 0 Å². The molecule has 1 atom stereocenters. The van der Waals surface area contributed by atoms with Crippen molar-refractivity contribution in [3.63, 3.8) is 0 Å². The van der Waals surface area contributed by atoms with Crippen LogP contribution in [0.4, 0.5) is 5.69 Å². The molecule has 0 heterocycles. The molecule has 1 aromatic rings. The topological polar surface area (TPSA) is 75.4 Å². The van der Waals surface area contributed by atoms with Crippen molar-refractivity contribution in [2.24, 2.45) is 0 Å². The van der Waals surface area contributed by atoms with Crippen LogP contribution in [0.5, 0.6) is 0 Å². The minimum atomic E-state index is -3.60. The number of hydrogen-bond acceptors (Lipinski definition) is 4. The molecule has 0 saturated heterocycles. The highest BCUT2D eigenvalue weighted by molar-refractivity contribution is 7.89. The highest BCUT2D eigenvalue weighted by Gasteiger charge is 2.19. The third kappa shape index (κ3) is 3.84. The predicted octanol–water partition coefficient (Wildman–Crippen LogP) is 1.15. The second-order valence-corrected chi connectivity index (χ2v) is 6.50. The Bertz CT molecular complexity index is 517. The summed E-state index contributed by atoms with van der Waals surface area (Å²) < 4.78 is 26.6. The van der Waals surface area contributed by atoms with Gasteiger partial charge in [-0.05, 0) is 39.2 Å². The van der Waals surface area contributed by atoms with Crippen molar-refractivity contribution < 1.29 is 8.42 Å². The van der Waals surface area contributed by atoms with Crippen LogP contribution in [0.1, 0.15) is 6.92 Å². The smallest absolute Gasteiger partial charge is 0.242 e. The fraction of sp³-hybridized carbons (Fsp3) is 0.455. The van der Waals surface area contributed by atoms with Gasteiger partial charge < -0.3 is 10.6 Å². The van der Waals surface area contributed by atoms with Crippen LogP contribution in [0.15, 0.2) is 23.1 Å². The number of nitrogens with one attached hydrogen (secondary N) is 1. The Morgan fingerprint density at radius 2 is 2.06 bits per heavy atom. The summed E-state index contributed by atoms with van der Waals surface area (Å²) in [6.45, 7) is 2.24. The lowest BCUT2D eigenvalue weighted by Gasteiger charge is -2.20. The summed E-state index contributed by atoms with van der Waals surface area (Å²) in [5.74, 6) is 0. The van der Waals surface area contributed by atoms with Crippen molar-refractivity contribution in [3.8, 4) is 0 Å². The van der Waals surface area contributed by atoms with E-state index < -0.39 is 10.0 Å². The van der Waals surface area contributed by atoms with Gasteiger partial charge in [0.25, 0.3) is 0 Å². The minimum absolute atomic E-state index is 0.0457. The fourth-order valence-electron chi connectivity index (χ4n) is 1.23. The average Bonchev–Trinajstić information content (AvgIpc) is 2.25. The molecule has 7 heteroatoms. The molecule has 1 rings (SSSR count). The molecule has 0 aliphatic carbocycles. The van der Waals surface area contributed by atoms with Crippen molar-refractivity contribution >= 4 is 27.3 Å². The van der Waals surface area contributed by atoms with E-state index in [1.807, 2.05) is 25.9 Å². The Morgan fingerprint density at radius 3 is 2.56 bits per heavy atom. The van der Waals surface area contributed by atoms with Gasteiger partial charge in [0.05, 0.1) is 5.02 Å². The third-order valence-electron chi connectivity index (χ3n) is 2.70.